The fourth-order valence-electron chi connectivity index (χ4n) is 14.7. The molecule has 3 rings (SSSR count). The Morgan fingerprint density at radius 2 is 0.664 bits per heavy atom. The largest absolute Gasteiger partial charge is 0.472 e. The summed E-state index contributed by atoms with van der Waals surface area (Å²) in [6.07, 6.45) is 24.8. The van der Waals surface area contributed by atoms with Crippen molar-refractivity contribution in [1.29, 1.82) is 0 Å². The van der Waals surface area contributed by atoms with Crippen molar-refractivity contribution in [1.82, 2.24) is 0 Å². The van der Waals surface area contributed by atoms with Crippen LogP contribution in [0.25, 0.3) is 0 Å². The molecule has 0 radical (unpaired) electrons. The minimum atomic E-state index is -5.80. The Balaban J connectivity index is 1.93. The van der Waals surface area contributed by atoms with Crippen molar-refractivity contribution in [3.05, 3.63) is 24.3 Å². The summed E-state index contributed by atoms with van der Waals surface area (Å²) >= 11 is 0. The molecule has 1 saturated carbocycles. The molecule has 113 heavy (non-hydrogen) atoms. The third kappa shape index (κ3) is 47.5. The maximum Gasteiger partial charge on any atom is 0.472 e. The highest BCUT2D eigenvalue weighted by Crippen LogP contribution is 2.49. The number of phosphoric acid groups is 1. The van der Waals surface area contributed by atoms with E-state index >= 15 is 0 Å². The first-order valence-corrected chi connectivity index (χ1v) is 46.6. The number of carbonyl (C=O) groups excluding carboxylic acids is 4. The van der Waals surface area contributed by atoms with E-state index in [1.54, 1.807) is 0 Å². The number of aliphatic hydroxyl groups excluding tert-OH is 9. The summed E-state index contributed by atoms with van der Waals surface area (Å²) in [6.45, 7) is 5.53. The molecule has 0 amide bonds. The number of rotatable bonds is 72. The first kappa shape index (κ1) is 104. The van der Waals surface area contributed by atoms with Gasteiger partial charge >= 0.3 is 31.7 Å². The molecule has 2 heterocycles. The fraction of sp³-hybridized carbons (Fsp3) is 0.908. The van der Waals surface area contributed by atoms with Crippen LogP contribution in [0.2, 0.25) is 0 Å². The lowest BCUT2D eigenvalue weighted by Crippen LogP contribution is -2.70. The van der Waals surface area contributed by atoms with Gasteiger partial charge in [0, 0.05) is 25.7 Å². The van der Waals surface area contributed by atoms with Gasteiger partial charge in [0.05, 0.1) is 13.2 Å². The van der Waals surface area contributed by atoms with Crippen LogP contribution in [-0.2, 0) is 70.7 Å². The highest BCUT2D eigenvalue weighted by Gasteiger charge is 2.60. The lowest BCUT2D eigenvalue weighted by molar-refractivity contribution is -0.360. The van der Waals surface area contributed by atoms with Gasteiger partial charge in [0.1, 0.15) is 92.6 Å². The molecule has 0 aromatic heterocycles. The van der Waals surface area contributed by atoms with Crippen molar-refractivity contribution in [2.24, 2.45) is 0 Å². The van der Waals surface area contributed by atoms with Crippen LogP contribution in [0.15, 0.2) is 24.3 Å². The summed E-state index contributed by atoms with van der Waals surface area (Å²) in [5, 5.41) is 102. The molecule has 0 aromatic carbocycles. The third-order valence-electron chi connectivity index (χ3n) is 21.9. The van der Waals surface area contributed by atoms with Gasteiger partial charge in [0.2, 0.25) is 0 Å². The zero-order valence-electron chi connectivity index (χ0n) is 70.2. The van der Waals surface area contributed by atoms with E-state index in [1.807, 2.05) is 0 Å². The maximum atomic E-state index is 14.9. The molecule has 2 aliphatic heterocycles. The first-order valence-electron chi connectivity index (χ1n) is 45.1. The molecule has 25 nitrogen and oxygen atoms in total. The Labute approximate surface area is 679 Å². The molecule has 10 N–H and O–H groups in total. The summed E-state index contributed by atoms with van der Waals surface area (Å²) in [5.41, 5.74) is 0. The van der Waals surface area contributed by atoms with Crippen LogP contribution >= 0.6 is 7.82 Å². The van der Waals surface area contributed by atoms with Gasteiger partial charge in [-0.2, -0.15) is 0 Å². The van der Waals surface area contributed by atoms with Gasteiger partial charge in [0.15, 0.2) is 24.8 Å². The average Bonchev–Trinajstić information content (AvgIpc) is 0.754. The highest BCUT2D eigenvalue weighted by molar-refractivity contribution is 7.47. The van der Waals surface area contributed by atoms with Crippen molar-refractivity contribution >= 4 is 31.7 Å². The lowest BCUT2D eigenvalue weighted by atomic mass is 9.84. The van der Waals surface area contributed by atoms with E-state index < -0.39 is 162 Å². The lowest BCUT2D eigenvalue weighted by Gasteiger charge is -2.50. The van der Waals surface area contributed by atoms with Gasteiger partial charge in [-0.3, -0.25) is 28.2 Å². The van der Waals surface area contributed by atoms with Crippen molar-refractivity contribution < 1.29 is 122 Å². The van der Waals surface area contributed by atoms with Gasteiger partial charge in [-0.15, -0.1) is 0 Å². The topological polar surface area (TPSA) is 380 Å². The predicted molar refractivity (Wildman–Crippen MR) is 435 cm³/mol. The van der Waals surface area contributed by atoms with E-state index in [0.717, 1.165) is 148 Å². The van der Waals surface area contributed by atoms with Crippen LogP contribution in [0.4, 0.5) is 0 Å². The number of carbonyl (C=O) groups is 4. The number of hydrogen-bond acceptors (Lipinski definition) is 24. The number of allylic oxidation sites excluding steroid dienone is 4. The maximum absolute atomic E-state index is 14.9. The Bertz CT molecular complexity index is 2460. The molecule has 26 heteroatoms. The predicted octanol–water partition coefficient (Wildman–Crippen LogP) is 15.8. The third-order valence-corrected chi connectivity index (χ3v) is 22.9. The van der Waals surface area contributed by atoms with E-state index in [9.17, 15) is 74.6 Å². The summed E-state index contributed by atoms with van der Waals surface area (Å²) in [4.78, 5) is 66.2. The number of esters is 4. The molecule has 3 aliphatic rings. The van der Waals surface area contributed by atoms with Crippen LogP contribution in [0.3, 0.4) is 0 Å². The van der Waals surface area contributed by atoms with Crippen molar-refractivity contribution in [2.45, 2.75) is 479 Å². The van der Waals surface area contributed by atoms with Crippen molar-refractivity contribution in [3.8, 4) is 0 Å². The van der Waals surface area contributed by atoms with Crippen LogP contribution in [0.5, 0.6) is 0 Å². The molecule has 2 saturated heterocycles. The molecule has 18 unspecified atom stereocenters. The van der Waals surface area contributed by atoms with E-state index in [1.165, 1.54) is 141 Å². The van der Waals surface area contributed by atoms with E-state index in [0.29, 0.717) is 32.1 Å². The number of phosphoric ester groups is 1. The minimum absolute atomic E-state index is 0.00937. The minimum Gasteiger partial charge on any atom is -0.463 e. The van der Waals surface area contributed by atoms with Crippen molar-refractivity contribution in [3.63, 3.8) is 0 Å². The molecular formula is C87H159O25P. The molecule has 0 aromatic rings. The summed E-state index contributed by atoms with van der Waals surface area (Å²) in [6, 6.07) is 0. The Kier molecular flexibility index (Phi) is 61.5. The van der Waals surface area contributed by atoms with Gasteiger partial charge < -0.3 is 88.7 Å². The molecule has 1 aliphatic carbocycles. The molecule has 662 valence electrons. The van der Waals surface area contributed by atoms with Crippen LogP contribution in [-0.4, -0.2) is 205 Å². The summed E-state index contributed by atoms with van der Waals surface area (Å²) in [7, 11) is -5.80. The molecule has 18 atom stereocenters. The zero-order chi connectivity index (χ0) is 82.5. The van der Waals surface area contributed by atoms with Crippen LogP contribution in [0, 0.1) is 0 Å². The Morgan fingerprint density at radius 3 is 1.07 bits per heavy atom. The van der Waals surface area contributed by atoms with Crippen molar-refractivity contribution in [2.75, 3.05) is 26.4 Å². The van der Waals surface area contributed by atoms with E-state index in [-0.39, 0.29) is 25.7 Å². The fourth-order valence-corrected chi connectivity index (χ4v) is 15.7. The number of ether oxygens (including phenoxy) is 8. The summed E-state index contributed by atoms with van der Waals surface area (Å²) in [5.74, 6) is -2.99. The van der Waals surface area contributed by atoms with Crippen LogP contribution < -0.4 is 0 Å². The quantitative estimate of drug-likeness (QED) is 0.00889. The Hall–Kier alpha value is -3.05. The monoisotopic (exact) mass is 1640 g/mol. The van der Waals surface area contributed by atoms with Crippen LogP contribution in [0.1, 0.15) is 374 Å². The molecule has 0 spiro atoms. The highest BCUT2D eigenvalue weighted by atomic mass is 31.2. The second-order valence-electron chi connectivity index (χ2n) is 32.1. The SMILES string of the molecule is CCCCCC/C=C\CCCCCCCCCC(=O)OCC1OC(OC2C(OC(=O)CCCCCCCCCCCCCCC)C(O)C(O)C(OC3OC(CO)C(O)C(O)C3O)C2OP(=O)(O)OCC(COC(=O)CCCCC/C=C\CCCCCCCC)OC(=O)CCCCCCCCCCCCCCC)C(O)C(O)C1O. The summed E-state index contributed by atoms with van der Waals surface area (Å²) < 4.78 is 73.2. The van der Waals surface area contributed by atoms with Gasteiger partial charge in [-0.05, 0) is 77.0 Å². The number of unbranched alkanes of at least 4 members (excludes halogenated alkanes) is 44. The van der Waals surface area contributed by atoms with Gasteiger partial charge in [0.25, 0.3) is 0 Å². The number of hydrogen-bond donors (Lipinski definition) is 10. The molecule has 3 fully saturated rings. The standard InChI is InChI=1S/C87H159O25P/c1-5-9-13-17-21-25-29-33-34-38-40-44-48-52-56-60-71(90)104-66-69-75(94)77(96)81(100)87(108-69)111-84-82(109-73(92)62-58-54-50-46-42-37-32-28-24-20-16-12-8-4)78(97)79(98)83(110-86-80(99)76(95)74(93)68(63-88)107-86)85(84)112-113(101,102)105-65-67(106-72(91)61-57-53-49-45-41-36-31-27-23-19-15-11-7-3)64-103-70(89)59-55-51-47-43-39-35-30-26-22-18-14-10-6-2/h25,29,35,39,67-69,74-88,93-100H,5-24,26-28,30-34,36-38,40-66H2,1-4H3,(H,101,102)/b29-25-,39-35-. The van der Waals surface area contributed by atoms with E-state index in [4.69, 9.17) is 46.9 Å². The molecular weight excluding hydrogens is 1480 g/mol. The zero-order valence-corrected chi connectivity index (χ0v) is 71.1. The second-order valence-corrected chi connectivity index (χ2v) is 33.5. The number of aliphatic hydroxyl groups is 9. The van der Waals surface area contributed by atoms with Gasteiger partial charge in [-0.1, -0.05) is 296 Å². The second kappa shape index (κ2) is 66.7. The first-order chi connectivity index (χ1) is 54.7. The molecule has 0 bridgehead atoms. The van der Waals surface area contributed by atoms with E-state index in [2.05, 4.69) is 52.0 Å². The average molecular weight is 1640 g/mol. The van der Waals surface area contributed by atoms with Gasteiger partial charge in [-0.25, -0.2) is 4.57 Å². The smallest absolute Gasteiger partial charge is 0.463 e. The normalized spacial score (nSPS) is 25.6. The Morgan fingerprint density at radius 1 is 0.345 bits per heavy atom.